The normalized spacial score (nSPS) is 10.3. The molecule has 1 aromatic heterocycles. The first-order valence-electron chi connectivity index (χ1n) is 8.56. The van der Waals surface area contributed by atoms with Crippen LogP contribution in [0.5, 0.6) is 0 Å². The molecule has 6 nitrogen and oxygen atoms in total. The van der Waals surface area contributed by atoms with E-state index < -0.39 is 6.03 Å². The number of nitrogens with one attached hydrogen (secondary N) is 3. The van der Waals surface area contributed by atoms with Gasteiger partial charge < -0.3 is 10.6 Å². The maximum Gasteiger partial charge on any atom is 0.325 e. The lowest BCUT2D eigenvalue weighted by Crippen LogP contribution is -2.19. The van der Waals surface area contributed by atoms with E-state index in [4.69, 9.17) is 0 Å². The third-order valence-electron chi connectivity index (χ3n) is 3.90. The molecule has 0 atom stereocenters. The first kappa shape index (κ1) is 18.6. The molecule has 3 N–H and O–H groups in total. The summed E-state index contributed by atoms with van der Waals surface area (Å²) in [7, 11) is 0. The van der Waals surface area contributed by atoms with E-state index in [1.54, 1.807) is 19.1 Å². The van der Waals surface area contributed by atoms with Crippen molar-refractivity contribution in [2.45, 2.75) is 20.3 Å². The van der Waals surface area contributed by atoms with Gasteiger partial charge in [0.15, 0.2) is 5.13 Å². The Labute approximate surface area is 161 Å². The van der Waals surface area contributed by atoms with E-state index >= 15 is 0 Å². The van der Waals surface area contributed by atoms with Gasteiger partial charge in [-0.2, -0.15) is 0 Å². The molecule has 0 aliphatic rings. The lowest BCUT2D eigenvalue weighted by Gasteiger charge is -2.08. The molecule has 0 saturated heterocycles. The van der Waals surface area contributed by atoms with Gasteiger partial charge in [0.05, 0.1) is 5.69 Å². The third kappa shape index (κ3) is 4.71. The molecular formula is C20H20N4O2S. The smallest absolute Gasteiger partial charge is 0.321 e. The Morgan fingerprint density at radius 1 is 0.963 bits per heavy atom. The summed E-state index contributed by atoms with van der Waals surface area (Å²) in [5.41, 5.74) is 3.10. The fourth-order valence-corrected chi connectivity index (χ4v) is 3.43. The van der Waals surface area contributed by atoms with Gasteiger partial charge in [-0.05, 0) is 37.1 Å². The molecule has 0 aliphatic carbocycles. The molecule has 7 heteroatoms. The Hall–Kier alpha value is -3.19. The van der Waals surface area contributed by atoms with Gasteiger partial charge in [0.25, 0.3) is 5.91 Å². The van der Waals surface area contributed by atoms with Crippen molar-refractivity contribution in [3.05, 3.63) is 70.7 Å². The van der Waals surface area contributed by atoms with Gasteiger partial charge in [-0.25, -0.2) is 9.78 Å². The van der Waals surface area contributed by atoms with Crippen LogP contribution in [0.4, 0.5) is 21.3 Å². The molecule has 3 aromatic rings. The van der Waals surface area contributed by atoms with Gasteiger partial charge in [-0.3, -0.25) is 10.1 Å². The number of hydrogen-bond acceptors (Lipinski definition) is 4. The number of aromatic nitrogens is 1. The molecule has 138 valence electrons. The highest BCUT2D eigenvalue weighted by atomic mass is 32.1. The van der Waals surface area contributed by atoms with E-state index in [0.29, 0.717) is 21.4 Å². The molecule has 27 heavy (non-hydrogen) atoms. The van der Waals surface area contributed by atoms with E-state index in [9.17, 15) is 9.59 Å². The van der Waals surface area contributed by atoms with Crippen LogP contribution in [0.1, 0.15) is 27.9 Å². The minimum atomic E-state index is -0.404. The van der Waals surface area contributed by atoms with E-state index in [1.165, 1.54) is 0 Å². The summed E-state index contributed by atoms with van der Waals surface area (Å²) in [4.78, 5) is 29.5. The number of rotatable bonds is 5. The van der Waals surface area contributed by atoms with Crippen molar-refractivity contribution in [3.63, 3.8) is 0 Å². The SMILES string of the molecule is CCc1ccccc1NC(=O)c1sc(NC(=O)Nc2ccccc2)nc1C. The van der Waals surface area contributed by atoms with Gasteiger partial charge in [0, 0.05) is 11.4 Å². The molecule has 2 aromatic carbocycles. The maximum atomic E-state index is 12.6. The summed E-state index contributed by atoms with van der Waals surface area (Å²) in [6.45, 7) is 3.79. The van der Waals surface area contributed by atoms with Crippen molar-refractivity contribution in [3.8, 4) is 0 Å². The predicted octanol–water partition coefficient (Wildman–Crippen LogP) is 4.91. The van der Waals surface area contributed by atoms with Crippen LogP contribution in [-0.2, 0) is 6.42 Å². The monoisotopic (exact) mass is 380 g/mol. The zero-order valence-corrected chi connectivity index (χ0v) is 15.9. The fourth-order valence-electron chi connectivity index (χ4n) is 2.57. The van der Waals surface area contributed by atoms with Crippen LogP contribution < -0.4 is 16.0 Å². The molecule has 0 bridgehead atoms. The summed E-state index contributed by atoms with van der Waals surface area (Å²) >= 11 is 1.14. The fraction of sp³-hybridized carbons (Fsp3) is 0.150. The summed E-state index contributed by atoms with van der Waals surface area (Å²) in [6, 6.07) is 16.4. The number of thiazole rings is 1. The van der Waals surface area contributed by atoms with Gasteiger partial charge in [-0.1, -0.05) is 54.7 Å². The van der Waals surface area contributed by atoms with Crippen molar-refractivity contribution in [1.82, 2.24) is 4.98 Å². The number of amides is 3. The Balaban J connectivity index is 1.68. The Morgan fingerprint density at radius 3 is 2.41 bits per heavy atom. The summed E-state index contributed by atoms with van der Waals surface area (Å²) in [6.07, 6.45) is 0.824. The summed E-state index contributed by atoms with van der Waals surface area (Å²) in [5, 5.41) is 8.69. The highest BCUT2D eigenvalue weighted by Crippen LogP contribution is 2.25. The molecule has 0 unspecified atom stereocenters. The Bertz CT molecular complexity index is 954. The van der Waals surface area contributed by atoms with E-state index in [1.807, 2.05) is 49.4 Å². The highest BCUT2D eigenvalue weighted by molar-refractivity contribution is 7.17. The van der Waals surface area contributed by atoms with Gasteiger partial charge in [0.1, 0.15) is 4.88 Å². The number of nitrogens with zero attached hydrogens (tertiary/aromatic N) is 1. The van der Waals surface area contributed by atoms with Crippen LogP contribution in [0, 0.1) is 6.92 Å². The number of para-hydroxylation sites is 2. The van der Waals surface area contributed by atoms with Crippen LogP contribution in [0.2, 0.25) is 0 Å². The quantitative estimate of drug-likeness (QED) is 0.588. The van der Waals surface area contributed by atoms with E-state index in [2.05, 4.69) is 20.9 Å². The lowest BCUT2D eigenvalue weighted by molar-refractivity contribution is 0.102. The second-order valence-electron chi connectivity index (χ2n) is 5.84. The topological polar surface area (TPSA) is 83.1 Å². The standard InChI is InChI=1S/C20H20N4O2S/c1-3-14-9-7-8-12-16(14)23-18(25)17-13(2)21-20(27-17)24-19(26)22-15-10-5-4-6-11-15/h4-12H,3H2,1-2H3,(H,23,25)(H2,21,22,24,26). The van der Waals surface area contributed by atoms with Crippen LogP contribution in [0.3, 0.4) is 0 Å². The number of carbonyl (C=O) groups excluding carboxylic acids is 2. The van der Waals surface area contributed by atoms with Crippen LogP contribution in [0.25, 0.3) is 0 Å². The highest BCUT2D eigenvalue weighted by Gasteiger charge is 2.17. The van der Waals surface area contributed by atoms with Crippen molar-refractivity contribution < 1.29 is 9.59 Å². The average molecular weight is 380 g/mol. The largest absolute Gasteiger partial charge is 0.325 e. The zero-order chi connectivity index (χ0) is 19.2. The minimum Gasteiger partial charge on any atom is -0.321 e. The number of anilines is 3. The lowest BCUT2D eigenvalue weighted by atomic mass is 10.1. The molecule has 0 spiro atoms. The number of benzene rings is 2. The minimum absolute atomic E-state index is 0.234. The average Bonchev–Trinajstić information content (AvgIpc) is 3.03. The number of aryl methyl sites for hydroxylation is 2. The van der Waals surface area contributed by atoms with Crippen LogP contribution in [0.15, 0.2) is 54.6 Å². The second kappa shape index (κ2) is 8.46. The molecule has 0 fully saturated rings. The van der Waals surface area contributed by atoms with Crippen molar-refractivity contribution >= 4 is 39.8 Å². The van der Waals surface area contributed by atoms with Crippen molar-refractivity contribution in [1.29, 1.82) is 0 Å². The van der Waals surface area contributed by atoms with Crippen LogP contribution >= 0.6 is 11.3 Å². The number of urea groups is 1. The Kier molecular flexibility index (Phi) is 5.83. The molecule has 0 aliphatic heterocycles. The maximum absolute atomic E-state index is 12.6. The second-order valence-corrected chi connectivity index (χ2v) is 6.84. The molecular weight excluding hydrogens is 360 g/mol. The van der Waals surface area contributed by atoms with E-state index in [0.717, 1.165) is 29.0 Å². The van der Waals surface area contributed by atoms with Gasteiger partial charge >= 0.3 is 6.03 Å². The number of hydrogen-bond donors (Lipinski definition) is 3. The van der Waals surface area contributed by atoms with Gasteiger partial charge in [-0.15, -0.1) is 0 Å². The van der Waals surface area contributed by atoms with Gasteiger partial charge in [0.2, 0.25) is 0 Å². The summed E-state index contributed by atoms with van der Waals surface area (Å²) < 4.78 is 0. The van der Waals surface area contributed by atoms with Crippen molar-refractivity contribution in [2.75, 3.05) is 16.0 Å². The third-order valence-corrected chi connectivity index (χ3v) is 4.97. The molecule has 3 rings (SSSR count). The van der Waals surface area contributed by atoms with Crippen LogP contribution in [-0.4, -0.2) is 16.9 Å². The Morgan fingerprint density at radius 2 is 1.67 bits per heavy atom. The summed E-state index contributed by atoms with van der Waals surface area (Å²) in [5.74, 6) is -0.234. The molecule has 0 saturated carbocycles. The molecule has 0 radical (unpaired) electrons. The van der Waals surface area contributed by atoms with E-state index in [-0.39, 0.29) is 5.91 Å². The first-order chi connectivity index (χ1) is 13.1. The number of carbonyl (C=O) groups is 2. The van der Waals surface area contributed by atoms with Crippen molar-refractivity contribution in [2.24, 2.45) is 0 Å². The molecule has 3 amide bonds. The predicted molar refractivity (Wildman–Crippen MR) is 110 cm³/mol. The zero-order valence-electron chi connectivity index (χ0n) is 15.1. The first-order valence-corrected chi connectivity index (χ1v) is 9.38. The molecule has 1 heterocycles.